The molecule has 0 saturated carbocycles. The zero-order valence-corrected chi connectivity index (χ0v) is 15.5. The zero-order chi connectivity index (χ0) is 17.3. The van der Waals surface area contributed by atoms with E-state index in [9.17, 15) is 9.59 Å². The maximum Gasteiger partial charge on any atom is 0.263 e. The van der Waals surface area contributed by atoms with Gasteiger partial charge in [-0.2, -0.15) is 0 Å². The normalized spacial score (nSPS) is 17.7. The highest BCUT2D eigenvalue weighted by Gasteiger charge is 2.22. The van der Waals surface area contributed by atoms with Crippen molar-refractivity contribution in [2.24, 2.45) is 5.73 Å². The number of hydrogen-bond acceptors (Lipinski definition) is 6. The number of nitrogens with two attached hydrogens (primary N) is 1. The van der Waals surface area contributed by atoms with Crippen LogP contribution >= 0.6 is 23.1 Å². The van der Waals surface area contributed by atoms with Crippen LogP contribution in [-0.4, -0.2) is 33.9 Å². The fraction of sp³-hybridized carbons (Fsp3) is 0.562. The Morgan fingerprint density at radius 3 is 2.96 bits per heavy atom. The fourth-order valence-electron chi connectivity index (χ4n) is 3.06. The van der Waals surface area contributed by atoms with Gasteiger partial charge in [-0.25, -0.2) is 4.98 Å². The summed E-state index contributed by atoms with van der Waals surface area (Å²) in [6.45, 7) is 5.27. The number of thioether (sulfide) groups is 1. The summed E-state index contributed by atoms with van der Waals surface area (Å²) >= 11 is 2.75. The van der Waals surface area contributed by atoms with Crippen LogP contribution in [0.25, 0.3) is 10.2 Å². The van der Waals surface area contributed by atoms with Crippen LogP contribution in [0.3, 0.4) is 0 Å². The van der Waals surface area contributed by atoms with Gasteiger partial charge >= 0.3 is 0 Å². The molecule has 0 bridgehead atoms. The third-order valence-electron chi connectivity index (χ3n) is 4.18. The van der Waals surface area contributed by atoms with E-state index in [4.69, 9.17) is 10.5 Å². The molecule has 3 rings (SSSR count). The van der Waals surface area contributed by atoms with E-state index in [1.807, 2.05) is 13.8 Å². The van der Waals surface area contributed by atoms with Gasteiger partial charge < -0.3 is 10.5 Å². The van der Waals surface area contributed by atoms with Gasteiger partial charge in [0.2, 0.25) is 5.91 Å². The van der Waals surface area contributed by atoms with Crippen LogP contribution in [0.2, 0.25) is 0 Å². The standard InChI is InChI=1S/C16H21N3O3S2/c1-3-11-9(2)24-14-13(11)15(21)19(7-10-5-4-6-22-10)16(18-14)23-8-12(17)20/h10H,3-8H2,1-2H3,(H2,17,20)/t10-/m1/s1. The van der Waals surface area contributed by atoms with Crippen molar-refractivity contribution in [1.82, 2.24) is 9.55 Å². The molecule has 2 aromatic rings. The largest absolute Gasteiger partial charge is 0.376 e. The van der Waals surface area contributed by atoms with Crippen molar-refractivity contribution in [3.05, 3.63) is 20.8 Å². The first kappa shape index (κ1) is 17.4. The lowest BCUT2D eigenvalue weighted by molar-refractivity contribution is -0.115. The van der Waals surface area contributed by atoms with Crippen molar-refractivity contribution >= 4 is 39.2 Å². The fourth-order valence-corrected chi connectivity index (χ4v) is 4.96. The Hall–Kier alpha value is -1.38. The van der Waals surface area contributed by atoms with Crippen molar-refractivity contribution in [1.29, 1.82) is 0 Å². The lowest BCUT2D eigenvalue weighted by Crippen LogP contribution is -2.29. The molecular formula is C16H21N3O3S2. The number of aryl methyl sites for hydroxylation is 2. The van der Waals surface area contributed by atoms with Crippen LogP contribution in [0.4, 0.5) is 0 Å². The summed E-state index contributed by atoms with van der Waals surface area (Å²) in [5.41, 5.74) is 6.29. The number of amides is 1. The van der Waals surface area contributed by atoms with Gasteiger partial charge in [0.25, 0.3) is 5.56 Å². The minimum absolute atomic E-state index is 0.0275. The lowest BCUT2D eigenvalue weighted by atomic mass is 10.1. The summed E-state index contributed by atoms with van der Waals surface area (Å²) in [7, 11) is 0. The monoisotopic (exact) mass is 367 g/mol. The van der Waals surface area contributed by atoms with Crippen molar-refractivity contribution in [3.8, 4) is 0 Å². The molecule has 1 fully saturated rings. The lowest BCUT2D eigenvalue weighted by Gasteiger charge is -2.15. The molecule has 0 spiro atoms. The molecule has 130 valence electrons. The SMILES string of the molecule is CCc1c(C)sc2nc(SCC(N)=O)n(C[C@H]3CCCO3)c(=O)c12. The number of primary amides is 1. The van der Waals surface area contributed by atoms with E-state index in [-0.39, 0.29) is 17.4 Å². The van der Waals surface area contributed by atoms with Gasteiger partial charge in [0, 0.05) is 11.5 Å². The summed E-state index contributed by atoms with van der Waals surface area (Å²) in [4.78, 5) is 30.8. The molecule has 0 aromatic carbocycles. The van der Waals surface area contributed by atoms with Crippen LogP contribution in [0, 0.1) is 6.92 Å². The number of ether oxygens (including phenoxy) is 1. The second-order valence-corrected chi connectivity index (χ2v) is 8.02. The van der Waals surface area contributed by atoms with Gasteiger partial charge in [-0.1, -0.05) is 18.7 Å². The minimum atomic E-state index is -0.422. The van der Waals surface area contributed by atoms with E-state index in [1.54, 1.807) is 4.57 Å². The van der Waals surface area contributed by atoms with E-state index >= 15 is 0 Å². The maximum absolute atomic E-state index is 13.1. The molecule has 2 aromatic heterocycles. The van der Waals surface area contributed by atoms with Crippen LogP contribution in [-0.2, 0) is 22.5 Å². The smallest absolute Gasteiger partial charge is 0.263 e. The molecule has 1 aliphatic heterocycles. The molecule has 8 heteroatoms. The predicted octanol–water partition coefficient (Wildman–Crippen LogP) is 2.09. The molecule has 1 amide bonds. The number of aromatic nitrogens is 2. The molecule has 2 N–H and O–H groups in total. The number of hydrogen-bond donors (Lipinski definition) is 1. The Morgan fingerprint density at radius 2 is 2.33 bits per heavy atom. The number of thiophene rings is 1. The highest BCUT2D eigenvalue weighted by Crippen LogP contribution is 2.30. The molecule has 1 saturated heterocycles. The first-order valence-electron chi connectivity index (χ1n) is 8.06. The Morgan fingerprint density at radius 1 is 1.54 bits per heavy atom. The summed E-state index contributed by atoms with van der Waals surface area (Å²) in [5, 5.41) is 1.26. The third-order valence-corrected chi connectivity index (χ3v) is 6.22. The second-order valence-electron chi connectivity index (χ2n) is 5.87. The highest BCUT2D eigenvalue weighted by atomic mass is 32.2. The Balaban J connectivity index is 2.11. The molecule has 0 unspecified atom stereocenters. The first-order valence-corrected chi connectivity index (χ1v) is 9.87. The van der Waals surface area contributed by atoms with Crippen molar-refractivity contribution < 1.29 is 9.53 Å². The van der Waals surface area contributed by atoms with Crippen LogP contribution in [0.15, 0.2) is 9.95 Å². The molecule has 1 atom stereocenters. The Labute approximate surface area is 148 Å². The van der Waals surface area contributed by atoms with Crippen LogP contribution in [0.1, 0.15) is 30.2 Å². The Kier molecular flexibility index (Phi) is 5.27. The van der Waals surface area contributed by atoms with Crippen LogP contribution in [0.5, 0.6) is 0 Å². The number of fused-ring (bicyclic) bond motifs is 1. The third kappa shape index (κ3) is 3.36. The minimum Gasteiger partial charge on any atom is -0.376 e. The van der Waals surface area contributed by atoms with Gasteiger partial charge in [0.1, 0.15) is 4.83 Å². The molecule has 0 radical (unpaired) electrons. The summed E-state index contributed by atoms with van der Waals surface area (Å²) in [6.07, 6.45) is 2.78. The maximum atomic E-state index is 13.1. The van der Waals surface area contributed by atoms with E-state index in [0.29, 0.717) is 17.1 Å². The van der Waals surface area contributed by atoms with Crippen molar-refractivity contribution in [3.63, 3.8) is 0 Å². The first-order chi connectivity index (χ1) is 11.5. The summed E-state index contributed by atoms with van der Waals surface area (Å²) in [5.74, 6) is -0.316. The topological polar surface area (TPSA) is 87.2 Å². The van der Waals surface area contributed by atoms with Crippen molar-refractivity contribution in [2.75, 3.05) is 12.4 Å². The van der Waals surface area contributed by atoms with E-state index in [2.05, 4.69) is 4.98 Å². The van der Waals surface area contributed by atoms with E-state index in [1.165, 1.54) is 23.1 Å². The molecule has 6 nitrogen and oxygen atoms in total. The van der Waals surface area contributed by atoms with Gasteiger partial charge in [-0.3, -0.25) is 14.2 Å². The number of nitrogens with zero attached hydrogens (tertiary/aromatic N) is 2. The summed E-state index contributed by atoms with van der Waals surface area (Å²) in [6, 6.07) is 0. The van der Waals surface area contributed by atoms with Crippen molar-refractivity contribution in [2.45, 2.75) is 50.9 Å². The van der Waals surface area contributed by atoms with Gasteiger partial charge in [-0.15, -0.1) is 11.3 Å². The highest BCUT2D eigenvalue weighted by molar-refractivity contribution is 7.99. The number of rotatable bonds is 6. The van der Waals surface area contributed by atoms with Crippen LogP contribution < -0.4 is 11.3 Å². The quantitative estimate of drug-likeness (QED) is 0.624. The number of carbonyl (C=O) groups is 1. The average Bonchev–Trinajstić information content (AvgIpc) is 3.15. The second kappa shape index (κ2) is 7.25. The summed E-state index contributed by atoms with van der Waals surface area (Å²) < 4.78 is 7.34. The van der Waals surface area contributed by atoms with E-state index in [0.717, 1.165) is 41.1 Å². The van der Waals surface area contributed by atoms with Gasteiger partial charge in [0.05, 0.1) is 23.8 Å². The predicted molar refractivity (Wildman–Crippen MR) is 96.9 cm³/mol. The molecule has 1 aliphatic rings. The van der Waals surface area contributed by atoms with Gasteiger partial charge in [-0.05, 0) is 31.7 Å². The molecule has 0 aliphatic carbocycles. The van der Waals surface area contributed by atoms with E-state index < -0.39 is 5.91 Å². The Bertz CT molecular complexity index is 822. The zero-order valence-electron chi connectivity index (χ0n) is 13.8. The molecule has 3 heterocycles. The molecule has 24 heavy (non-hydrogen) atoms. The average molecular weight is 367 g/mol. The van der Waals surface area contributed by atoms with Gasteiger partial charge in [0.15, 0.2) is 5.16 Å². The molecular weight excluding hydrogens is 346 g/mol. The number of carbonyl (C=O) groups excluding carboxylic acids is 1.